The van der Waals surface area contributed by atoms with Gasteiger partial charge in [-0.05, 0) is 49.6 Å². The molecule has 1 N–H and O–H groups in total. The Bertz CT molecular complexity index is 550. The summed E-state index contributed by atoms with van der Waals surface area (Å²) in [5, 5.41) is 3.66. The molecule has 2 nitrogen and oxygen atoms in total. The largest absolute Gasteiger partial charge is 0.494 e. The van der Waals surface area contributed by atoms with Crippen molar-refractivity contribution in [1.29, 1.82) is 0 Å². The molecule has 1 heterocycles. The lowest BCUT2D eigenvalue weighted by Crippen LogP contribution is -2.28. The highest BCUT2D eigenvalue weighted by Crippen LogP contribution is 2.30. The zero-order valence-corrected chi connectivity index (χ0v) is 12.6. The van der Waals surface area contributed by atoms with Gasteiger partial charge >= 0.3 is 0 Å². The predicted molar refractivity (Wildman–Crippen MR) is 86.9 cm³/mol. The fourth-order valence-corrected chi connectivity index (χ4v) is 3.23. The molecule has 0 amide bonds. The van der Waals surface area contributed by atoms with E-state index in [4.69, 9.17) is 4.74 Å². The molecule has 2 aromatic rings. The van der Waals surface area contributed by atoms with Crippen LogP contribution in [0, 0.1) is 0 Å². The lowest BCUT2D eigenvalue weighted by atomic mass is 9.88. The Morgan fingerprint density at radius 2 is 1.81 bits per heavy atom. The highest BCUT2D eigenvalue weighted by atomic mass is 16.5. The van der Waals surface area contributed by atoms with Gasteiger partial charge in [0.1, 0.15) is 5.75 Å². The highest BCUT2D eigenvalue weighted by molar-refractivity contribution is 5.31. The Morgan fingerprint density at radius 3 is 2.52 bits per heavy atom. The maximum atomic E-state index is 5.53. The molecule has 1 aliphatic heterocycles. The lowest BCUT2D eigenvalue weighted by molar-refractivity contribution is 0.340. The van der Waals surface area contributed by atoms with Crippen molar-refractivity contribution in [2.24, 2.45) is 0 Å². The third-order valence-corrected chi connectivity index (χ3v) is 4.27. The van der Waals surface area contributed by atoms with Crippen LogP contribution in [0.4, 0.5) is 0 Å². The Kier molecular flexibility index (Phi) is 4.56. The first-order valence-electron chi connectivity index (χ1n) is 7.87. The quantitative estimate of drug-likeness (QED) is 0.900. The molecule has 0 aliphatic carbocycles. The summed E-state index contributed by atoms with van der Waals surface area (Å²) in [5.41, 5.74) is 2.83. The van der Waals surface area contributed by atoms with Gasteiger partial charge in [0.15, 0.2) is 0 Å². The summed E-state index contributed by atoms with van der Waals surface area (Å²) < 4.78 is 5.53. The first kappa shape index (κ1) is 14.2. The van der Waals surface area contributed by atoms with Crippen molar-refractivity contribution >= 4 is 0 Å². The van der Waals surface area contributed by atoms with Gasteiger partial charge in [-0.25, -0.2) is 0 Å². The summed E-state index contributed by atoms with van der Waals surface area (Å²) in [6.45, 7) is 3.85. The Labute approximate surface area is 127 Å². The highest BCUT2D eigenvalue weighted by Gasteiger charge is 2.28. The third-order valence-electron chi connectivity index (χ3n) is 4.27. The van der Waals surface area contributed by atoms with Crippen molar-refractivity contribution in [3.8, 4) is 5.75 Å². The predicted octanol–water partition coefficient (Wildman–Crippen LogP) is 3.77. The molecule has 0 spiro atoms. The molecule has 1 aliphatic rings. The molecule has 2 aromatic carbocycles. The monoisotopic (exact) mass is 281 g/mol. The third kappa shape index (κ3) is 3.45. The molecule has 1 fully saturated rings. The second kappa shape index (κ2) is 6.77. The number of nitrogens with one attached hydrogen (secondary N) is 1. The summed E-state index contributed by atoms with van der Waals surface area (Å²) in [6.07, 6.45) is 2.31. The first-order valence-corrected chi connectivity index (χ1v) is 7.87. The number of hydrogen-bond donors (Lipinski definition) is 1. The summed E-state index contributed by atoms with van der Waals surface area (Å²) in [5.74, 6) is 1.56. The zero-order valence-electron chi connectivity index (χ0n) is 12.6. The van der Waals surface area contributed by atoms with Gasteiger partial charge < -0.3 is 10.1 Å². The van der Waals surface area contributed by atoms with Crippen LogP contribution in [-0.2, 0) is 6.42 Å². The van der Waals surface area contributed by atoms with Crippen LogP contribution < -0.4 is 10.1 Å². The Hall–Kier alpha value is -1.80. The van der Waals surface area contributed by atoms with Crippen molar-refractivity contribution in [1.82, 2.24) is 5.32 Å². The number of benzene rings is 2. The molecule has 2 atom stereocenters. The van der Waals surface area contributed by atoms with Crippen molar-refractivity contribution in [2.45, 2.75) is 31.7 Å². The van der Waals surface area contributed by atoms with E-state index < -0.39 is 0 Å². The number of rotatable bonds is 5. The lowest BCUT2D eigenvalue weighted by Gasteiger charge is -2.20. The van der Waals surface area contributed by atoms with Gasteiger partial charge in [0.05, 0.1) is 6.61 Å². The molecule has 0 bridgehead atoms. The maximum absolute atomic E-state index is 5.53. The van der Waals surface area contributed by atoms with Crippen LogP contribution in [0.2, 0.25) is 0 Å². The summed E-state index contributed by atoms with van der Waals surface area (Å²) >= 11 is 0. The molecule has 1 saturated heterocycles. The fourth-order valence-electron chi connectivity index (χ4n) is 3.23. The van der Waals surface area contributed by atoms with E-state index in [1.165, 1.54) is 17.5 Å². The average Bonchev–Trinajstić information content (AvgIpc) is 2.98. The average molecular weight is 281 g/mol. The smallest absolute Gasteiger partial charge is 0.119 e. The van der Waals surface area contributed by atoms with Crippen molar-refractivity contribution < 1.29 is 4.74 Å². The van der Waals surface area contributed by atoms with Crippen molar-refractivity contribution in [3.63, 3.8) is 0 Å². The van der Waals surface area contributed by atoms with Gasteiger partial charge in [-0.15, -0.1) is 0 Å². The molecule has 0 saturated carbocycles. The summed E-state index contributed by atoms with van der Waals surface area (Å²) in [7, 11) is 0. The van der Waals surface area contributed by atoms with Gasteiger partial charge in [-0.1, -0.05) is 42.5 Å². The SMILES string of the molecule is CCOc1ccc(C2CCNC2Cc2ccccc2)cc1. The second-order valence-electron chi connectivity index (χ2n) is 5.65. The van der Waals surface area contributed by atoms with Crippen LogP contribution in [-0.4, -0.2) is 19.2 Å². The van der Waals surface area contributed by atoms with Gasteiger partial charge in [0.25, 0.3) is 0 Å². The van der Waals surface area contributed by atoms with E-state index in [0.29, 0.717) is 12.0 Å². The van der Waals surface area contributed by atoms with Crippen LogP contribution in [0.3, 0.4) is 0 Å². The number of ether oxygens (including phenoxy) is 1. The van der Waals surface area contributed by atoms with Crippen molar-refractivity contribution in [2.75, 3.05) is 13.2 Å². The van der Waals surface area contributed by atoms with Gasteiger partial charge in [-0.3, -0.25) is 0 Å². The van der Waals surface area contributed by atoms with E-state index in [9.17, 15) is 0 Å². The van der Waals surface area contributed by atoms with Crippen LogP contribution in [0.15, 0.2) is 54.6 Å². The van der Waals surface area contributed by atoms with Crippen LogP contribution in [0.5, 0.6) is 5.75 Å². The Balaban J connectivity index is 1.71. The Morgan fingerprint density at radius 1 is 1.05 bits per heavy atom. The molecular formula is C19H23NO. The number of hydrogen-bond acceptors (Lipinski definition) is 2. The topological polar surface area (TPSA) is 21.3 Å². The minimum atomic E-state index is 0.533. The zero-order chi connectivity index (χ0) is 14.5. The van der Waals surface area contributed by atoms with E-state index in [2.05, 4.69) is 59.9 Å². The van der Waals surface area contributed by atoms with E-state index in [-0.39, 0.29) is 0 Å². The summed E-state index contributed by atoms with van der Waals surface area (Å²) in [6, 6.07) is 19.9. The van der Waals surface area contributed by atoms with Crippen LogP contribution in [0.1, 0.15) is 30.4 Å². The second-order valence-corrected chi connectivity index (χ2v) is 5.65. The van der Waals surface area contributed by atoms with Crippen LogP contribution in [0.25, 0.3) is 0 Å². The minimum Gasteiger partial charge on any atom is -0.494 e. The first-order chi connectivity index (χ1) is 10.4. The fraction of sp³-hybridized carbons (Fsp3) is 0.368. The van der Waals surface area contributed by atoms with E-state index in [1.54, 1.807) is 0 Å². The van der Waals surface area contributed by atoms with Gasteiger partial charge in [0, 0.05) is 12.0 Å². The standard InChI is InChI=1S/C19H23NO/c1-2-21-17-10-8-16(9-11-17)18-12-13-20-19(18)14-15-6-4-3-5-7-15/h3-11,18-20H,2,12-14H2,1H3. The van der Waals surface area contributed by atoms with Gasteiger partial charge in [0.2, 0.25) is 0 Å². The minimum absolute atomic E-state index is 0.533. The van der Waals surface area contributed by atoms with Gasteiger partial charge in [-0.2, -0.15) is 0 Å². The normalized spacial score (nSPS) is 21.4. The molecular weight excluding hydrogens is 258 g/mol. The van der Waals surface area contributed by atoms with E-state index in [1.807, 2.05) is 6.92 Å². The summed E-state index contributed by atoms with van der Waals surface area (Å²) in [4.78, 5) is 0. The molecule has 0 radical (unpaired) electrons. The molecule has 2 heteroatoms. The molecule has 3 rings (SSSR count). The van der Waals surface area contributed by atoms with E-state index in [0.717, 1.165) is 25.3 Å². The molecule has 110 valence electrons. The van der Waals surface area contributed by atoms with E-state index >= 15 is 0 Å². The maximum Gasteiger partial charge on any atom is 0.119 e. The van der Waals surface area contributed by atoms with Crippen molar-refractivity contribution in [3.05, 3.63) is 65.7 Å². The molecule has 21 heavy (non-hydrogen) atoms. The molecule has 2 unspecified atom stereocenters. The van der Waals surface area contributed by atoms with Crippen LogP contribution >= 0.6 is 0 Å². The molecule has 0 aromatic heterocycles.